The van der Waals surface area contributed by atoms with Crippen molar-refractivity contribution in [1.29, 1.82) is 0 Å². The first-order valence-corrected chi connectivity index (χ1v) is 20.5. The minimum Gasteiger partial charge on any atom is -0.372 e. The Labute approximate surface area is 360 Å². The van der Waals surface area contributed by atoms with Crippen molar-refractivity contribution in [2.75, 3.05) is 0 Å². The highest BCUT2D eigenvalue weighted by Gasteiger charge is 2.58. The van der Waals surface area contributed by atoms with Crippen LogP contribution in [0.15, 0.2) is 110 Å². The number of H-pyrrole nitrogens is 1. The van der Waals surface area contributed by atoms with E-state index in [0.29, 0.717) is 43.6 Å². The summed E-state index contributed by atoms with van der Waals surface area (Å²) in [6.07, 6.45) is 1.38. The van der Waals surface area contributed by atoms with E-state index in [-0.39, 0.29) is 45.2 Å². The molecule has 63 heavy (non-hydrogen) atoms. The number of aromatic nitrogens is 6. The third-order valence-corrected chi connectivity index (χ3v) is 12.6. The smallest absolute Gasteiger partial charge is 0.372 e. The molecule has 2 aliphatic carbocycles. The van der Waals surface area contributed by atoms with Gasteiger partial charge in [0.25, 0.3) is 5.91 Å². The fraction of sp³-hybridized carbons (Fsp3) is 0.304. The highest BCUT2D eigenvalue weighted by atomic mass is 35.5. The van der Waals surface area contributed by atoms with E-state index in [2.05, 4.69) is 15.3 Å². The van der Waals surface area contributed by atoms with Crippen molar-refractivity contribution in [3.63, 3.8) is 0 Å². The molecule has 10 nitrogen and oxygen atoms in total. The van der Waals surface area contributed by atoms with Gasteiger partial charge in [-0.05, 0) is 84.8 Å². The molecule has 8 aromatic rings. The van der Waals surface area contributed by atoms with Crippen molar-refractivity contribution in [2.24, 2.45) is 25.9 Å². The number of nitrogens with one attached hydrogen (secondary N) is 1. The van der Waals surface area contributed by atoms with Crippen molar-refractivity contribution in [3.05, 3.63) is 132 Å². The third kappa shape index (κ3) is 7.57. The summed E-state index contributed by atoms with van der Waals surface area (Å²) in [5.41, 5.74) is -5.11. The van der Waals surface area contributed by atoms with Crippen LogP contribution in [0.1, 0.15) is 65.6 Å². The Morgan fingerprint density at radius 2 is 1.16 bits per heavy atom. The quantitative estimate of drug-likeness (QED) is 0.113. The van der Waals surface area contributed by atoms with Crippen LogP contribution in [-0.2, 0) is 30.1 Å². The number of aliphatic hydroxyl groups is 2. The Morgan fingerprint density at radius 3 is 1.62 bits per heavy atom. The lowest BCUT2D eigenvalue weighted by Crippen LogP contribution is -2.43. The van der Waals surface area contributed by atoms with Gasteiger partial charge in [0.1, 0.15) is 0 Å². The van der Waals surface area contributed by atoms with Gasteiger partial charge in [0.2, 0.25) is 16.4 Å². The molecule has 0 radical (unpaired) electrons. The van der Waals surface area contributed by atoms with Crippen LogP contribution < -0.4 is 0 Å². The number of rotatable bonds is 6. The maximum absolute atomic E-state index is 14.4. The molecule has 2 unspecified atom stereocenters. The minimum atomic E-state index is -4.97. The number of hydrogen-bond acceptors (Lipinski definition) is 6. The highest BCUT2D eigenvalue weighted by Crippen LogP contribution is 2.49. The first kappa shape index (κ1) is 43.7. The first-order valence-electron chi connectivity index (χ1n) is 20.2. The van der Waals surface area contributed by atoms with Crippen LogP contribution in [-0.4, -0.2) is 62.8 Å². The number of aromatic amines is 1. The van der Waals surface area contributed by atoms with Crippen LogP contribution in [0.2, 0.25) is 0 Å². The summed E-state index contributed by atoms with van der Waals surface area (Å²) in [5, 5.41) is 34.1. The molecular weight excluding hydrogens is 850 g/mol. The molecule has 3 N–H and O–H groups in total. The standard InChI is InChI=1S/C23H20F3N3O2.C18H14F3N3O.C5H7ClO/c1-28-13-18(17-7-2-3-8-20(17)28)22(31,23(24,25)26)16-9-10-19-15(11-16)12-27-29(19)21(30)14-5-4-6-14;1-24-10-14(13-4-2-3-5-16(13)24)17(25,18(19,20)21)12-6-7-15-11(8-12)9-22-23-15;6-5(7)4-2-1-3-4/h2-3,7-14,31H,4-6H2,1H3;2-10,25H,1H3,(H,22,23);4H,1-3H2. The molecule has 328 valence electrons. The lowest BCUT2D eigenvalue weighted by atomic mass is 9.84. The summed E-state index contributed by atoms with van der Waals surface area (Å²) in [7, 11) is 3.30. The van der Waals surface area contributed by atoms with Gasteiger partial charge in [-0.3, -0.25) is 14.7 Å². The molecule has 2 atom stereocenters. The summed E-state index contributed by atoms with van der Waals surface area (Å²) in [4.78, 5) is 22.8. The molecule has 0 aliphatic heterocycles. The van der Waals surface area contributed by atoms with E-state index in [1.165, 1.54) is 72.3 Å². The molecule has 2 saturated carbocycles. The molecule has 0 bridgehead atoms. The van der Waals surface area contributed by atoms with E-state index >= 15 is 0 Å². The summed E-state index contributed by atoms with van der Waals surface area (Å²) < 4.78 is 89.7. The van der Waals surface area contributed by atoms with Gasteiger partial charge in [0.05, 0.1) is 23.4 Å². The average Bonchev–Trinajstić information content (AvgIpc) is 4.00. The molecule has 2 fully saturated rings. The highest BCUT2D eigenvalue weighted by molar-refractivity contribution is 6.64. The van der Waals surface area contributed by atoms with Gasteiger partial charge in [-0.2, -0.15) is 41.2 Å². The predicted molar refractivity (Wildman–Crippen MR) is 226 cm³/mol. The lowest BCUT2D eigenvalue weighted by Gasteiger charge is -2.31. The van der Waals surface area contributed by atoms with Crippen LogP contribution in [0.5, 0.6) is 0 Å². The van der Waals surface area contributed by atoms with E-state index in [9.17, 15) is 46.1 Å². The Balaban J connectivity index is 0.000000152. The number of fused-ring (bicyclic) bond motifs is 4. The van der Waals surface area contributed by atoms with Gasteiger partial charge < -0.3 is 19.3 Å². The molecule has 4 aromatic heterocycles. The second-order valence-corrected chi connectivity index (χ2v) is 16.5. The van der Waals surface area contributed by atoms with Gasteiger partial charge in [0.15, 0.2) is 0 Å². The fourth-order valence-corrected chi connectivity index (χ4v) is 8.49. The molecule has 0 spiro atoms. The van der Waals surface area contributed by atoms with Gasteiger partial charge in [-0.25, -0.2) is 0 Å². The molecular formula is C46H41ClF6N6O4. The van der Waals surface area contributed by atoms with E-state index in [4.69, 9.17) is 11.6 Å². The monoisotopic (exact) mass is 890 g/mol. The molecule has 4 aromatic carbocycles. The minimum absolute atomic E-state index is 0.0921. The molecule has 0 saturated heterocycles. The number of benzene rings is 4. The van der Waals surface area contributed by atoms with Crippen LogP contribution in [0.3, 0.4) is 0 Å². The molecule has 2 aliphatic rings. The number of carbonyl (C=O) groups is 2. The van der Waals surface area contributed by atoms with Crippen molar-refractivity contribution in [2.45, 2.75) is 62.1 Å². The zero-order valence-corrected chi connectivity index (χ0v) is 34.6. The van der Waals surface area contributed by atoms with Crippen molar-refractivity contribution in [3.8, 4) is 0 Å². The first-order chi connectivity index (χ1) is 29.8. The van der Waals surface area contributed by atoms with Crippen molar-refractivity contribution in [1.82, 2.24) is 29.1 Å². The predicted octanol–water partition coefficient (Wildman–Crippen LogP) is 10.2. The number of hydrogen-bond donors (Lipinski definition) is 3. The number of nitrogens with zero attached hydrogens (tertiary/aromatic N) is 5. The normalized spacial score (nSPS) is 16.7. The summed E-state index contributed by atoms with van der Waals surface area (Å²) in [6.45, 7) is 0. The SMILES string of the molecule is Cn1cc(C(O)(c2ccc3[nH]ncc3c2)C(F)(F)F)c2ccccc21.Cn1cc(C(O)(c2ccc3c(cnn3C(=O)C3CCC3)c2)C(F)(F)F)c2ccccc21.O=C(Cl)C1CCC1. The van der Waals surface area contributed by atoms with Crippen LogP contribution >= 0.6 is 11.6 Å². The van der Waals surface area contributed by atoms with Crippen LogP contribution in [0.25, 0.3) is 43.6 Å². The second kappa shape index (κ2) is 16.3. The fourth-order valence-electron chi connectivity index (χ4n) is 8.27. The Kier molecular flexibility index (Phi) is 11.3. The Hall–Kier alpha value is -5.97. The van der Waals surface area contributed by atoms with Gasteiger partial charge in [0, 0.05) is 82.0 Å². The summed E-state index contributed by atoms with van der Waals surface area (Å²) >= 11 is 5.14. The van der Waals surface area contributed by atoms with E-state index < -0.39 is 23.6 Å². The largest absolute Gasteiger partial charge is 0.425 e. The second-order valence-electron chi connectivity index (χ2n) is 16.2. The molecule has 4 heterocycles. The van der Waals surface area contributed by atoms with Gasteiger partial charge >= 0.3 is 12.4 Å². The zero-order chi connectivity index (χ0) is 45.1. The van der Waals surface area contributed by atoms with Crippen LogP contribution in [0.4, 0.5) is 26.3 Å². The summed E-state index contributed by atoms with van der Waals surface area (Å²) in [6, 6.07) is 21.3. The number of carbonyl (C=O) groups excluding carboxylic acids is 2. The topological polar surface area (TPSA) is 131 Å². The number of halogens is 7. The zero-order valence-electron chi connectivity index (χ0n) is 33.9. The Morgan fingerprint density at radius 1 is 0.667 bits per heavy atom. The number of para-hydroxylation sites is 2. The summed E-state index contributed by atoms with van der Waals surface area (Å²) in [5.74, 6) is -0.0265. The molecule has 17 heteroatoms. The van der Waals surface area contributed by atoms with Crippen molar-refractivity contribution >= 4 is 66.4 Å². The average molecular weight is 891 g/mol. The molecule has 0 amide bonds. The van der Waals surface area contributed by atoms with E-state index in [0.717, 1.165) is 32.1 Å². The van der Waals surface area contributed by atoms with E-state index in [1.54, 1.807) is 71.8 Å². The van der Waals surface area contributed by atoms with Gasteiger partial charge in [-0.15, -0.1) is 0 Å². The van der Waals surface area contributed by atoms with Crippen LogP contribution in [0, 0.1) is 11.8 Å². The van der Waals surface area contributed by atoms with E-state index in [1.807, 2.05) is 0 Å². The number of alkyl halides is 6. The van der Waals surface area contributed by atoms with Gasteiger partial charge in [-0.1, -0.05) is 61.4 Å². The third-order valence-electron chi connectivity index (χ3n) is 12.3. The molecule has 10 rings (SSSR count). The van der Waals surface area contributed by atoms with Crippen molar-refractivity contribution < 1.29 is 46.1 Å². The number of aryl methyl sites for hydroxylation is 2. The lowest BCUT2D eigenvalue weighted by molar-refractivity contribution is -0.248. The maximum atomic E-state index is 14.4. The Bertz CT molecular complexity index is 3000. The maximum Gasteiger partial charge on any atom is 0.425 e.